The maximum atomic E-state index is 13.6. The molecule has 35 heavy (non-hydrogen) atoms. The van der Waals surface area contributed by atoms with Crippen LogP contribution >= 0.6 is 0 Å². The first-order valence-corrected chi connectivity index (χ1v) is 12.3. The van der Waals surface area contributed by atoms with Gasteiger partial charge in [-0.15, -0.1) is 0 Å². The van der Waals surface area contributed by atoms with Gasteiger partial charge in [0.15, 0.2) is 11.5 Å². The Hall–Kier alpha value is -3.55. The van der Waals surface area contributed by atoms with E-state index < -0.39 is 5.54 Å². The molecular weight excluding hydrogens is 446 g/mol. The summed E-state index contributed by atoms with van der Waals surface area (Å²) in [5.41, 5.74) is 2.37. The van der Waals surface area contributed by atoms with Crippen LogP contribution in [0.25, 0.3) is 0 Å². The SMILES string of the molecule is C[C@@]1(C2CCN(C(=O)Cc3ccc4c(c3)OCO4)CC2)NC(=O)N(C2Cc3ccccc3C2)C1=O. The standard InChI is InChI=1S/C27H29N3O5/c1-27(25(32)30(26(33)28-27)21-14-18-4-2-3-5-19(18)15-21)20-8-10-29(11-9-20)24(31)13-17-6-7-22-23(12-17)35-16-34-22/h2-7,12,20-21H,8-11,13-16H2,1H3,(H,28,33)/t27-/m0/s1. The smallest absolute Gasteiger partial charge is 0.325 e. The lowest BCUT2D eigenvalue weighted by Gasteiger charge is -2.39. The maximum absolute atomic E-state index is 13.6. The number of hydrogen-bond donors (Lipinski definition) is 1. The van der Waals surface area contributed by atoms with E-state index in [9.17, 15) is 14.4 Å². The van der Waals surface area contributed by atoms with Gasteiger partial charge >= 0.3 is 6.03 Å². The number of amides is 4. The zero-order valence-electron chi connectivity index (χ0n) is 19.8. The minimum absolute atomic E-state index is 0.0117. The van der Waals surface area contributed by atoms with Gasteiger partial charge in [0.2, 0.25) is 12.7 Å². The van der Waals surface area contributed by atoms with E-state index in [4.69, 9.17) is 9.47 Å². The first kappa shape index (κ1) is 21.9. The summed E-state index contributed by atoms with van der Waals surface area (Å²) < 4.78 is 10.8. The summed E-state index contributed by atoms with van der Waals surface area (Å²) in [5.74, 6) is 1.29. The molecule has 2 saturated heterocycles. The van der Waals surface area contributed by atoms with Gasteiger partial charge in [0.1, 0.15) is 5.54 Å². The van der Waals surface area contributed by atoms with Gasteiger partial charge in [-0.05, 0) is 67.3 Å². The largest absolute Gasteiger partial charge is 0.454 e. The quantitative estimate of drug-likeness (QED) is 0.687. The van der Waals surface area contributed by atoms with E-state index in [0.29, 0.717) is 56.7 Å². The summed E-state index contributed by atoms with van der Waals surface area (Å²) in [4.78, 5) is 42.8. The molecule has 6 rings (SSSR count). The fourth-order valence-electron chi connectivity index (χ4n) is 6.05. The van der Waals surface area contributed by atoms with E-state index in [1.807, 2.05) is 42.2 Å². The number of nitrogens with one attached hydrogen (secondary N) is 1. The Labute approximate surface area is 204 Å². The first-order chi connectivity index (χ1) is 16.9. The number of piperidine rings is 1. The number of nitrogens with zero attached hydrogens (tertiary/aromatic N) is 2. The highest BCUT2D eigenvalue weighted by atomic mass is 16.7. The third-order valence-electron chi connectivity index (χ3n) is 8.10. The summed E-state index contributed by atoms with van der Waals surface area (Å²) in [5, 5.41) is 3.02. The Morgan fingerprint density at radius 3 is 2.43 bits per heavy atom. The van der Waals surface area contributed by atoms with Gasteiger partial charge in [0, 0.05) is 19.1 Å². The molecule has 0 spiro atoms. The molecule has 8 heteroatoms. The van der Waals surface area contributed by atoms with Crippen LogP contribution in [0.3, 0.4) is 0 Å². The third-order valence-corrected chi connectivity index (χ3v) is 8.10. The van der Waals surface area contributed by atoms with Crippen LogP contribution in [0.2, 0.25) is 0 Å². The predicted molar refractivity (Wildman–Crippen MR) is 127 cm³/mol. The topological polar surface area (TPSA) is 88.2 Å². The molecule has 182 valence electrons. The number of benzene rings is 2. The molecule has 0 saturated carbocycles. The monoisotopic (exact) mass is 475 g/mol. The normalized spacial score (nSPS) is 24.1. The Kier molecular flexibility index (Phi) is 5.20. The number of fused-ring (bicyclic) bond motifs is 2. The van der Waals surface area contributed by atoms with Gasteiger partial charge in [-0.1, -0.05) is 30.3 Å². The van der Waals surface area contributed by atoms with Crippen LogP contribution in [0.1, 0.15) is 36.5 Å². The number of carbonyl (C=O) groups excluding carboxylic acids is 3. The number of hydrogen-bond acceptors (Lipinski definition) is 5. The molecular formula is C27H29N3O5. The molecule has 1 N–H and O–H groups in total. The molecule has 3 aliphatic heterocycles. The van der Waals surface area contributed by atoms with Crippen LogP contribution in [-0.2, 0) is 28.9 Å². The Morgan fingerprint density at radius 1 is 1.03 bits per heavy atom. The highest BCUT2D eigenvalue weighted by molar-refractivity contribution is 6.07. The van der Waals surface area contributed by atoms with Gasteiger partial charge in [-0.3, -0.25) is 14.5 Å². The van der Waals surface area contributed by atoms with Gasteiger partial charge in [-0.2, -0.15) is 0 Å². The number of ether oxygens (including phenoxy) is 2. The molecule has 8 nitrogen and oxygen atoms in total. The van der Waals surface area contributed by atoms with Gasteiger partial charge in [-0.25, -0.2) is 4.79 Å². The van der Waals surface area contributed by atoms with Crippen LogP contribution in [0.5, 0.6) is 11.5 Å². The van der Waals surface area contributed by atoms with E-state index in [1.54, 1.807) is 0 Å². The molecule has 0 aromatic heterocycles. The molecule has 4 aliphatic rings. The molecule has 2 fully saturated rings. The van der Waals surface area contributed by atoms with E-state index in [-0.39, 0.29) is 36.6 Å². The second kappa shape index (κ2) is 8.29. The van der Waals surface area contributed by atoms with Crippen LogP contribution in [0.4, 0.5) is 4.79 Å². The molecule has 3 heterocycles. The molecule has 0 bridgehead atoms. The minimum atomic E-state index is -0.932. The van der Waals surface area contributed by atoms with Gasteiger partial charge in [0.05, 0.1) is 6.42 Å². The molecule has 4 amide bonds. The minimum Gasteiger partial charge on any atom is -0.454 e. The van der Waals surface area contributed by atoms with Crippen molar-refractivity contribution >= 4 is 17.8 Å². The number of imide groups is 1. The van der Waals surface area contributed by atoms with E-state index in [1.165, 1.54) is 16.0 Å². The fourth-order valence-corrected chi connectivity index (χ4v) is 6.05. The van der Waals surface area contributed by atoms with Crippen molar-refractivity contribution < 1.29 is 23.9 Å². The average molecular weight is 476 g/mol. The number of carbonyl (C=O) groups is 3. The van der Waals surface area contributed by atoms with Crippen molar-refractivity contribution in [3.05, 3.63) is 59.2 Å². The molecule has 0 radical (unpaired) electrons. The van der Waals surface area contributed by atoms with Gasteiger partial charge in [0.25, 0.3) is 5.91 Å². The first-order valence-electron chi connectivity index (χ1n) is 12.3. The van der Waals surface area contributed by atoms with E-state index >= 15 is 0 Å². The van der Waals surface area contributed by atoms with Crippen LogP contribution < -0.4 is 14.8 Å². The summed E-state index contributed by atoms with van der Waals surface area (Å²) in [6.07, 6.45) is 3.06. The third kappa shape index (κ3) is 3.72. The van der Waals surface area contributed by atoms with Crippen molar-refractivity contribution in [3.63, 3.8) is 0 Å². The van der Waals surface area contributed by atoms with Crippen molar-refractivity contribution in [2.24, 2.45) is 5.92 Å². The molecule has 1 atom stereocenters. The van der Waals surface area contributed by atoms with Crippen molar-refractivity contribution in [3.8, 4) is 11.5 Å². The highest BCUT2D eigenvalue weighted by Gasteiger charge is 2.55. The summed E-state index contributed by atoms with van der Waals surface area (Å²) in [6, 6.07) is 13.3. The lowest BCUT2D eigenvalue weighted by atomic mass is 9.78. The van der Waals surface area contributed by atoms with E-state index in [0.717, 1.165) is 5.56 Å². The second-order valence-electron chi connectivity index (χ2n) is 10.2. The summed E-state index contributed by atoms with van der Waals surface area (Å²) >= 11 is 0. The van der Waals surface area contributed by atoms with Crippen molar-refractivity contribution in [1.82, 2.24) is 15.1 Å². The molecule has 2 aromatic rings. The number of urea groups is 1. The average Bonchev–Trinajstić information content (AvgIpc) is 3.55. The van der Waals surface area contributed by atoms with Crippen molar-refractivity contribution in [2.75, 3.05) is 19.9 Å². The van der Waals surface area contributed by atoms with Gasteiger partial charge < -0.3 is 19.7 Å². The van der Waals surface area contributed by atoms with Crippen molar-refractivity contribution in [2.45, 2.75) is 50.6 Å². The number of likely N-dealkylation sites (tertiary alicyclic amines) is 1. The molecule has 1 aliphatic carbocycles. The maximum Gasteiger partial charge on any atom is 0.325 e. The fraction of sp³-hybridized carbons (Fsp3) is 0.444. The van der Waals surface area contributed by atoms with Crippen molar-refractivity contribution in [1.29, 1.82) is 0 Å². The Bertz CT molecular complexity index is 1180. The molecule has 2 aromatic carbocycles. The lowest BCUT2D eigenvalue weighted by molar-refractivity contribution is -0.136. The summed E-state index contributed by atoms with van der Waals surface area (Å²) in [7, 11) is 0. The lowest BCUT2D eigenvalue weighted by Crippen LogP contribution is -2.55. The molecule has 0 unspecified atom stereocenters. The van der Waals surface area contributed by atoms with Crippen LogP contribution in [0, 0.1) is 5.92 Å². The Morgan fingerprint density at radius 2 is 1.71 bits per heavy atom. The van der Waals surface area contributed by atoms with Crippen LogP contribution in [-0.4, -0.2) is 59.1 Å². The zero-order chi connectivity index (χ0) is 24.2. The zero-order valence-corrected chi connectivity index (χ0v) is 19.8. The van der Waals surface area contributed by atoms with E-state index in [2.05, 4.69) is 17.4 Å². The highest BCUT2D eigenvalue weighted by Crippen LogP contribution is 2.37. The number of rotatable bonds is 4. The Balaban J connectivity index is 1.08. The van der Waals surface area contributed by atoms with Crippen LogP contribution in [0.15, 0.2) is 42.5 Å². The second-order valence-corrected chi connectivity index (χ2v) is 10.2. The predicted octanol–water partition coefficient (Wildman–Crippen LogP) is 2.67. The summed E-state index contributed by atoms with van der Waals surface area (Å²) in [6.45, 7) is 3.20.